The fraction of sp³-hybridized carbons (Fsp3) is 0. The number of hydrogen-bond donors (Lipinski definition) is 1. The summed E-state index contributed by atoms with van der Waals surface area (Å²) in [5.41, 5.74) is 0.453. The fourth-order valence-corrected chi connectivity index (χ4v) is 1.91. The number of hydrogen-bond acceptors (Lipinski definition) is 2. The van der Waals surface area contributed by atoms with E-state index in [2.05, 4.69) is 11.9 Å². The molecule has 1 saturated heterocycles. The van der Waals surface area contributed by atoms with E-state index in [1.165, 1.54) is 18.2 Å². The molecule has 2 rings (SSSR count). The zero-order chi connectivity index (χ0) is 11.9. The SMILES string of the molecule is C=C1C(=O)NC(=O)N1c1cc(Cl)cc(Cl)c1. The van der Waals surface area contributed by atoms with Crippen LogP contribution in [0.4, 0.5) is 10.5 Å². The van der Waals surface area contributed by atoms with Crippen molar-refractivity contribution in [3.8, 4) is 0 Å². The maximum Gasteiger partial charge on any atom is 0.333 e. The van der Waals surface area contributed by atoms with Crippen LogP contribution < -0.4 is 10.2 Å². The molecule has 1 aromatic carbocycles. The molecule has 16 heavy (non-hydrogen) atoms. The molecule has 1 fully saturated rings. The van der Waals surface area contributed by atoms with Crippen molar-refractivity contribution in [1.82, 2.24) is 5.32 Å². The number of benzene rings is 1. The van der Waals surface area contributed by atoms with Crippen LogP contribution in [-0.4, -0.2) is 11.9 Å². The largest absolute Gasteiger partial charge is 0.333 e. The summed E-state index contributed by atoms with van der Waals surface area (Å²) in [6.07, 6.45) is 0. The van der Waals surface area contributed by atoms with Crippen molar-refractivity contribution in [2.45, 2.75) is 0 Å². The van der Waals surface area contributed by atoms with Gasteiger partial charge in [-0.15, -0.1) is 0 Å². The molecule has 0 saturated carbocycles. The lowest BCUT2D eigenvalue weighted by Gasteiger charge is -2.14. The molecule has 0 aromatic heterocycles. The predicted octanol–water partition coefficient (Wildman–Crippen LogP) is 2.56. The van der Waals surface area contributed by atoms with Crippen molar-refractivity contribution in [2.75, 3.05) is 4.90 Å². The molecule has 3 amide bonds. The number of urea groups is 1. The number of halogens is 2. The Bertz CT molecular complexity index is 493. The highest BCUT2D eigenvalue weighted by Gasteiger charge is 2.32. The summed E-state index contributed by atoms with van der Waals surface area (Å²) in [4.78, 5) is 23.8. The zero-order valence-corrected chi connectivity index (χ0v) is 9.47. The molecule has 1 aliphatic heterocycles. The zero-order valence-electron chi connectivity index (χ0n) is 7.96. The van der Waals surface area contributed by atoms with Gasteiger partial charge in [0.1, 0.15) is 5.70 Å². The number of anilines is 1. The van der Waals surface area contributed by atoms with Crippen LogP contribution in [0.5, 0.6) is 0 Å². The van der Waals surface area contributed by atoms with Crippen molar-refractivity contribution in [3.63, 3.8) is 0 Å². The lowest BCUT2D eigenvalue weighted by molar-refractivity contribution is -0.115. The smallest absolute Gasteiger partial charge is 0.272 e. The van der Waals surface area contributed by atoms with Crippen LogP contribution in [0.15, 0.2) is 30.5 Å². The van der Waals surface area contributed by atoms with Gasteiger partial charge in [-0.1, -0.05) is 29.8 Å². The molecule has 0 unspecified atom stereocenters. The highest BCUT2D eigenvalue weighted by Crippen LogP contribution is 2.29. The summed E-state index contributed by atoms with van der Waals surface area (Å²) >= 11 is 11.6. The van der Waals surface area contributed by atoms with Gasteiger partial charge in [-0.05, 0) is 18.2 Å². The van der Waals surface area contributed by atoms with Gasteiger partial charge in [0.15, 0.2) is 0 Å². The molecule has 0 spiro atoms. The van der Waals surface area contributed by atoms with Crippen LogP contribution in [0.1, 0.15) is 0 Å². The Balaban J connectivity index is 2.48. The average molecular weight is 257 g/mol. The van der Waals surface area contributed by atoms with Crippen LogP contribution in [0, 0.1) is 0 Å². The summed E-state index contributed by atoms with van der Waals surface area (Å²) in [5.74, 6) is -0.527. The molecule has 82 valence electrons. The van der Waals surface area contributed by atoms with Gasteiger partial charge < -0.3 is 0 Å². The number of amides is 3. The maximum absolute atomic E-state index is 11.5. The van der Waals surface area contributed by atoms with Crippen molar-refractivity contribution in [2.24, 2.45) is 0 Å². The van der Waals surface area contributed by atoms with E-state index in [-0.39, 0.29) is 5.70 Å². The van der Waals surface area contributed by atoms with Gasteiger partial charge in [0.25, 0.3) is 5.91 Å². The molecule has 1 aliphatic rings. The summed E-state index contributed by atoms with van der Waals surface area (Å²) in [7, 11) is 0. The molecule has 1 N–H and O–H groups in total. The van der Waals surface area contributed by atoms with Crippen LogP contribution in [-0.2, 0) is 4.79 Å². The van der Waals surface area contributed by atoms with Crippen LogP contribution in [0.25, 0.3) is 0 Å². The van der Waals surface area contributed by atoms with E-state index in [0.29, 0.717) is 15.7 Å². The maximum atomic E-state index is 11.5. The van der Waals surface area contributed by atoms with Crippen LogP contribution >= 0.6 is 23.2 Å². The van der Waals surface area contributed by atoms with E-state index in [0.717, 1.165) is 4.90 Å². The molecular weight excluding hydrogens is 251 g/mol. The van der Waals surface area contributed by atoms with Crippen molar-refractivity contribution >= 4 is 40.8 Å². The average Bonchev–Trinajstić information content (AvgIpc) is 2.39. The minimum atomic E-state index is -0.562. The van der Waals surface area contributed by atoms with E-state index >= 15 is 0 Å². The number of imide groups is 1. The number of nitrogens with one attached hydrogen (secondary N) is 1. The standard InChI is InChI=1S/C10H6Cl2N2O2/c1-5-9(15)13-10(16)14(5)8-3-6(11)2-7(12)4-8/h2-4H,1H2,(H,13,15,16). The Morgan fingerprint density at radius 1 is 1.12 bits per heavy atom. The minimum absolute atomic E-state index is 0.0448. The molecule has 1 aromatic rings. The Morgan fingerprint density at radius 3 is 2.12 bits per heavy atom. The molecule has 1 heterocycles. The van der Waals surface area contributed by atoms with Crippen molar-refractivity contribution in [1.29, 1.82) is 0 Å². The fourth-order valence-electron chi connectivity index (χ4n) is 1.39. The van der Waals surface area contributed by atoms with Gasteiger partial charge in [-0.2, -0.15) is 0 Å². The monoisotopic (exact) mass is 256 g/mol. The summed E-state index contributed by atoms with van der Waals surface area (Å²) < 4.78 is 0. The quantitative estimate of drug-likeness (QED) is 0.620. The third kappa shape index (κ3) is 1.77. The molecule has 0 radical (unpaired) electrons. The number of carbonyl (C=O) groups is 2. The second kappa shape index (κ2) is 3.81. The van der Waals surface area contributed by atoms with Crippen molar-refractivity contribution in [3.05, 3.63) is 40.5 Å². The van der Waals surface area contributed by atoms with Gasteiger partial charge in [0, 0.05) is 10.0 Å². The first-order chi connectivity index (χ1) is 7.49. The predicted molar refractivity (Wildman–Crippen MR) is 61.6 cm³/mol. The Labute approximate surface area is 101 Å². The lowest BCUT2D eigenvalue weighted by atomic mass is 10.3. The van der Waals surface area contributed by atoms with Crippen LogP contribution in [0.3, 0.4) is 0 Å². The third-order valence-electron chi connectivity index (χ3n) is 2.06. The van der Waals surface area contributed by atoms with Gasteiger partial charge in [0.2, 0.25) is 0 Å². The highest BCUT2D eigenvalue weighted by atomic mass is 35.5. The molecule has 4 nitrogen and oxygen atoms in total. The van der Waals surface area contributed by atoms with Crippen LogP contribution in [0.2, 0.25) is 10.0 Å². The Kier molecular flexibility index (Phi) is 2.61. The summed E-state index contributed by atoms with van der Waals surface area (Å²) in [6, 6.07) is 4.02. The normalized spacial score (nSPS) is 15.6. The molecular formula is C10H6Cl2N2O2. The molecule has 0 aliphatic carbocycles. The Morgan fingerprint density at radius 2 is 1.69 bits per heavy atom. The van der Waals surface area contributed by atoms with E-state index < -0.39 is 11.9 Å². The molecule has 6 heteroatoms. The van der Waals surface area contributed by atoms with Gasteiger partial charge >= 0.3 is 6.03 Å². The third-order valence-corrected chi connectivity index (χ3v) is 2.50. The first-order valence-electron chi connectivity index (χ1n) is 4.29. The minimum Gasteiger partial charge on any atom is -0.272 e. The second-order valence-corrected chi connectivity index (χ2v) is 4.04. The second-order valence-electron chi connectivity index (χ2n) is 3.17. The van der Waals surface area contributed by atoms with E-state index in [1.807, 2.05) is 0 Å². The molecule has 0 bridgehead atoms. The number of rotatable bonds is 1. The number of nitrogens with zero attached hydrogens (tertiary/aromatic N) is 1. The highest BCUT2D eigenvalue weighted by molar-refractivity contribution is 6.35. The Hall–Kier alpha value is -1.52. The first kappa shape index (κ1) is 11.0. The molecule has 0 atom stereocenters. The van der Waals surface area contributed by atoms with E-state index in [9.17, 15) is 9.59 Å². The van der Waals surface area contributed by atoms with E-state index in [4.69, 9.17) is 23.2 Å². The lowest BCUT2D eigenvalue weighted by Crippen LogP contribution is -2.27. The summed E-state index contributed by atoms with van der Waals surface area (Å²) in [5, 5.41) is 2.87. The van der Waals surface area contributed by atoms with E-state index in [1.54, 1.807) is 0 Å². The topological polar surface area (TPSA) is 49.4 Å². The first-order valence-corrected chi connectivity index (χ1v) is 5.05. The summed E-state index contributed by atoms with van der Waals surface area (Å²) in [6.45, 7) is 3.51. The van der Waals surface area contributed by atoms with Crippen molar-refractivity contribution < 1.29 is 9.59 Å². The van der Waals surface area contributed by atoms with Gasteiger partial charge in [0.05, 0.1) is 5.69 Å². The number of carbonyl (C=O) groups excluding carboxylic acids is 2. The van der Waals surface area contributed by atoms with Gasteiger partial charge in [-0.25, -0.2) is 4.79 Å². The van der Waals surface area contributed by atoms with Gasteiger partial charge in [-0.3, -0.25) is 15.0 Å².